The molecule has 1 aromatic carbocycles. The molecule has 0 heterocycles. The highest BCUT2D eigenvalue weighted by atomic mass is 16.1. The summed E-state index contributed by atoms with van der Waals surface area (Å²) in [5.74, 6) is 0.301. The van der Waals surface area contributed by atoms with Crippen molar-refractivity contribution in [3.8, 4) is 0 Å². The molecule has 0 aromatic heterocycles. The number of amides is 1. The van der Waals surface area contributed by atoms with E-state index in [-0.39, 0.29) is 17.5 Å². The van der Waals surface area contributed by atoms with Crippen LogP contribution in [-0.2, 0) is 0 Å². The van der Waals surface area contributed by atoms with Gasteiger partial charge in [0.2, 0.25) is 0 Å². The molecule has 0 aliphatic carbocycles. The standard InChI is InChI=1S/C16H25N5O/c1-11(16(3,4)18-5)10-12(2)19-15(22)13-6-8-14(9-7-13)20-21-17/h6-9,11-12,18H,10H2,1-5H3,(H,19,22). The van der Waals surface area contributed by atoms with Crippen molar-refractivity contribution in [1.29, 1.82) is 0 Å². The summed E-state index contributed by atoms with van der Waals surface area (Å²) < 4.78 is 0. The van der Waals surface area contributed by atoms with E-state index in [0.717, 1.165) is 6.42 Å². The number of azide groups is 1. The van der Waals surface area contributed by atoms with Gasteiger partial charge in [-0.15, -0.1) is 0 Å². The fraction of sp³-hybridized carbons (Fsp3) is 0.562. The Balaban J connectivity index is 2.62. The van der Waals surface area contributed by atoms with Gasteiger partial charge in [-0.3, -0.25) is 4.79 Å². The van der Waals surface area contributed by atoms with Crippen molar-refractivity contribution >= 4 is 11.6 Å². The van der Waals surface area contributed by atoms with Crippen LogP contribution >= 0.6 is 0 Å². The quantitative estimate of drug-likeness (QED) is 0.456. The third kappa shape index (κ3) is 5.06. The first-order valence-electron chi connectivity index (χ1n) is 7.45. The molecular formula is C16H25N5O. The lowest BCUT2D eigenvalue weighted by atomic mass is 9.84. The van der Waals surface area contributed by atoms with Crippen molar-refractivity contribution in [2.45, 2.75) is 45.7 Å². The zero-order chi connectivity index (χ0) is 16.8. The Kier molecular flexibility index (Phi) is 6.40. The maximum absolute atomic E-state index is 12.2. The third-order valence-corrected chi connectivity index (χ3v) is 4.25. The van der Waals surface area contributed by atoms with Gasteiger partial charge in [0.15, 0.2) is 0 Å². The highest BCUT2D eigenvalue weighted by Crippen LogP contribution is 2.21. The zero-order valence-electron chi connectivity index (χ0n) is 13.9. The highest BCUT2D eigenvalue weighted by Gasteiger charge is 2.25. The lowest BCUT2D eigenvalue weighted by molar-refractivity contribution is 0.0930. The summed E-state index contributed by atoms with van der Waals surface area (Å²) in [6.45, 7) is 8.49. The van der Waals surface area contributed by atoms with Crippen LogP contribution in [0.3, 0.4) is 0 Å². The molecule has 0 saturated heterocycles. The fourth-order valence-corrected chi connectivity index (χ4v) is 2.17. The number of rotatable bonds is 7. The van der Waals surface area contributed by atoms with Crippen LogP contribution in [0.1, 0.15) is 44.5 Å². The van der Waals surface area contributed by atoms with E-state index in [9.17, 15) is 4.79 Å². The van der Waals surface area contributed by atoms with E-state index < -0.39 is 0 Å². The van der Waals surface area contributed by atoms with Gasteiger partial charge in [-0.2, -0.15) is 0 Å². The van der Waals surface area contributed by atoms with Crippen LogP contribution in [0.2, 0.25) is 0 Å². The van der Waals surface area contributed by atoms with Gasteiger partial charge >= 0.3 is 0 Å². The Bertz CT molecular complexity index is 546. The van der Waals surface area contributed by atoms with Crippen molar-refractivity contribution in [2.75, 3.05) is 7.05 Å². The fourth-order valence-electron chi connectivity index (χ4n) is 2.17. The molecule has 0 saturated carbocycles. The van der Waals surface area contributed by atoms with Crippen LogP contribution in [0, 0.1) is 5.92 Å². The molecule has 2 N–H and O–H groups in total. The summed E-state index contributed by atoms with van der Waals surface area (Å²) in [5.41, 5.74) is 9.44. The molecule has 2 unspecified atom stereocenters. The molecule has 0 aliphatic heterocycles. The first kappa shape index (κ1) is 18.0. The Labute approximate surface area is 131 Å². The first-order chi connectivity index (χ1) is 10.3. The second-order valence-corrected chi connectivity index (χ2v) is 6.22. The SMILES string of the molecule is CNC(C)(C)C(C)CC(C)NC(=O)c1ccc(N=[N+]=[N-])cc1. The number of benzene rings is 1. The van der Waals surface area contributed by atoms with E-state index in [1.54, 1.807) is 24.3 Å². The van der Waals surface area contributed by atoms with E-state index in [0.29, 0.717) is 17.2 Å². The minimum absolute atomic E-state index is 0.0237. The van der Waals surface area contributed by atoms with Crippen molar-refractivity contribution < 1.29 is 4.79 Å². The molecule has 0 bridgehead atoms. The lowest BCUT2D eigenvalue weighted by Gasteiger charge is -2.33. The smallest absolute Gasteiger partial charge is 0.251 e. The Hall–Kier alpha value is -2.04. The van der Waals surface area contributed by atoms with Crippen molar-refractivity contribution in [1.82, 2.24) is 10.6 Å². The van der Waals surface area contributed by atoms with Crippen molar-refractivity contribution in [3.05, 3.63) is 40.3 Å². The van der Waals surface area contributed by atoms with E-state index >= 15 is 0 Å². The molecule has 22 heavy (non-hydrogen) atoms. The number of carbonyl (C=O) groups is 1. The molecule has 0 spiro atoms. The molecular weight excluding hydrogens is 278 g/mol. The van der Waals surface area contributed by atoms with E-state index in [2.05, 4.69) is 41.4 Å². The van der Waals surface area contributed by atoms with Gasteiger partial charge in [0.25, 0.3) is 5.91 Å². The predicted octanol–water partition coefficient (Wildman–Crippen LogP) is 3.77. The highest BCUT2D eigenvalue weighted by molar-refractivity contribution is 5.94. The Morgan fingerprint density at radius 1 is 1.32 bits per heavy atom. The maximum atomic E-state index is 12.2. The number of hydrogen-bond donors (Lipinski definition) is 2. The summed E-state index contributed by atoms with van der Waals surface area (Å²) >= 11 is 0. The van der Waals surface area contributed by atoms with Crippen LogP contribution < -0.4 is 10.6 Å². The number of nitrogens with zero attached hydrogens (tertiary/aromatic N) is 3. The van der Waals surface area contributed by atoms with Crippen LogP contribution in [0.4, 0.5) is 5.69 Å². The Morgan fingerprint density at radius 3 is 2.41 bits per heavy atom. The summed E-state index contributed by atoms with van der Waals surface area (Å²) in [6.07, 6.45) is 0.885. The van der Waals surface area contributed by atoms with Crippen LogP contribution in [-0.4, -0.2) is 24.5 Å². The summed E-state index contributed by atoms with van der Waals surface area (Å²) in [6, 6.07) is 6.66. The van der Waals surface area contributed by atoms with Crippen LogP contribution in [0.5, 0.6) is 0 Å². The predicted molar refractivity (Wildman–Crippen MR) is 89.1 cm³/mol. The molecule has 2 atom stereocenters. The van der Waals surface area contributed by atoms with Gasteiger partial charge in [0.05, 0.1) is 0 Å². The van der Waals surface area contributed by atoms with Gasteiger partial charge < -0.3 is 10.6 Å². The van der Waals surface area contributed by atoms with E-state index in [1.165, 1.54) is 0 Å². The normalized spacial score (nSPS) is 13.9. The molecule has 0 radical (unpaired) electrons. The molecule has 1 amide bonds. The van der Waals surface area contributed by atoms with Gasteiger partial charge in [-0.1, -0.05) is 24.2 Å². The Morgan fingerprint density at radius 2 is 1.91 bits per heavy atom. The van der Waals surface area contributed by atoms with Gasteiger partial charge in [0.1, 0.15) is 0 Å². The van der Waals surface area contributed by atoms with E-state index in [4.69, 9.17) is 5.53 Å². The van der Waals surface area contributed by atoms with Gasteiger partial charge in [-0.25, -0.2) is 0 Å². The number of nitrogens with one attached hydrogen (secondary N) is 2. The maximum Gasteiger partial charge on any atom is 0.251 e. The molecule has 0 fully saturated rings. The largest absolute Gasteiger partial charge is 0.350 e. The van der Waals surface area contributed by atoms with Crippen LogP contribution in [0.15, 0.2) is 29.4 Å². The second kappa shape index (κ2) is 7.82. The number of hydrogen-bond acceptors (Lipinski definition) is 3. The van der Waals surface area contributed by atoms with Crippen molar-refractivity contribution in [2.24, 2.45) is 11.0 Å². The summed E-state index contributed by atoms with van der Waals surface area (Å²) in [4.78, 5) is 14.9. The zero-order valence-corrected chi connectivity index (χ0v) is 13.9. The molecule has 1 aromatic rings. The van der Waals surface area contributed by atoms with Gasteiger partial charge in [0, 0.05) is 27.7 Å². The van der Waals surface area contributed by atoms with Crippen molar-refractivity contribution in [3.63, 3.8) is 0 Å². The molecule has 6 nitrogen and oxygen atoms in total. The first-order valence-corrected chi connectivity index (χ1v) is 7.45. The third-order valence-electron chi connectivity index (χ3n) is 4.25. The van der Waals surface area contributed by atoms with Crippen LogP contribution in [0.25, 0.3) is 10.4 Å². The van der Waals surface area contributed by atoms with E-state index in [1.807, 2.05) is 14.0 Å². The molecule has 0 aliphatic rings. The summed E-state index contributed by atoms with van der Waals surface area (Å²) in [7, 11) is 1.95. The topological polar surface area (TPSA) is 89.9 Å². The average Bonchev–Trinajstić information content (AvgIpc) is 2.48. The molecule has 120 valence electrons. The monoisotopic (exact) mass is 303 g/mol. The average molecular weight is 303 g/mol. The molecule has 1 rings (SSSR count). The lowest BCUT2D eigenvalue weighted by Crippen LogP contribution is -2.45. The molecule has 6 heteroatoms. The second-order valence-electron chi connectivity index (χ2n) is 6.22. The minimum atomic E-state index is -0.116. The van der Waals surface area contributed by atoms with Gasteiger partial charge in [-0.05, 0) is 57.8 Å². The minimum Gasteiger partial charge on any atom is -0.350 e. The summed E-state index contributed by atoms with van der Waals surface area (Å²) in [5, 5.41) is 9.79. The number of carbonyl (C=O) groups excluding carboxylic acids is 1.